The minimum atomic E-state index is -0.801. The normalized spacial score (nSPS) is 14.3. The van der Waals surface area contributed by atoms with Crippen LogP contribution in [0.3, 0.4) is 0 Å². The van der Waals surface area contributed by atoms with Crippen LogP contribution in [0.1, 0.15) is 29.2 Å². The summed E-state index contributed by atoms with van der Waals surface area (Å²) in [6, 6.07) is 14.2. The predicted octanol–water partition coefficient (Wildman–Crippen LogP) is 2.56. The van der Waals surface area contributed by atoms with Gasteiger partial charge in [-0.1, -0.05) is 36.4 Å². The van der Waals surface area contributed by atoms with Gasteiger partial charge in [0.05, 0.1) is 0 Å². The van der Waals surface area contributed by atoms with Crippen LogP contribution in [-0.2, 0) is 27.3 Å². The minimum Gasteiger partial charge on any atom is -0.459 e. The Labute approximate surface area is 179 Å². The highest BCUT2D eigenvalue weighted by Gasteiger charge is 2.29. The first-order valence-electron chi connectivity index (χ1n) is 9.87. The Hall–Kier alpha value is -3.59. The monoisotopic (exact) mass is 427 g/mol. The molecule has 1 atom stereocenters. The third-order valence-corrected chi connectivity index (χ3v) is 4.89. The Bertz CT molecular complexity index is 934. The summed E-state index contributed by atoms with van der Waals surface area (Å²) in [7, 11) is 1.53. The lowest BCUT2D eigenvalue weighted by molar-refractivity contribution is -0.147. The molecule has 1 aliphatic rings. The molecular weight excluding hydrogens is 402 g/mol. The number of carbonyl (C=O) groups is 3. The third-order valence-electron chi connectivity index (χ3n) is 4.89. The van der Waals surface area contributed by atoms with Crippen molar-refractivity contribution in [3.8, 4) is 0 Å². The van der Waals surface area contributed by atoms with Crippen molar-refractivity contribution in [3.63, 3.8) is 0 Å². The highest BCUT2D eigenvalue weighted by Crippen LogP contribution is 2.35. The number of nitrogens with one attached hydrogen (secondary N) is 2. The molecule has 3 amide bonds. The van der Waals surface area contributed by atoms with Crippen LogP contribution in [0.15, 0.2) is 48.5 Å². The Kier molecular flexibility index (Phi) is 7.45. The Morgan fingerprint density at radius 3 is 2.65 bits per heavy atom. The molecule has 31 heavy (non-hydrogen) atoms. The number of hydrogen-bond acceptors (Lipinski definition) is 6. The van der Waals surface area contributed by atoms with E-state index >= 15 is 0 Å². The van der Waals surface area contributed by atoms with Crippen LogP contribution in [0, 0.1) is 0 Å². The molecule has 2 aromatic carbocycles. The molecule has 0 unspecified atom stereocenters. The van der Waals surface area contributed by atoms with E-state index in [4.69, 9.17) is 9.47 Å². The lowest BCUT2D eigenvalue weighted by Gasteiger charge is -2.22. The van der Waals surface area contributed by atoms with Crippen LogP contribution in [0.4, 0.5) is 15.3 Å². The van der Waals surface area contributed by atoms with Crippen LogP contribution in [0.5, 0.6) is 0 Å². The first-order valence-corrected chi connectivity index (χ1v) is 9.87. The second kappa shape index (κ2) is 10.4. The first-order chi connectivity index (χ1) is 15.0. The largest absolute Gasteiger partial charge is 0.459 e. The van der Waals surface area contributed by atoms with Gasteiger partial charge < -0.3 is 25.2 Å². The number of anilines is 1. The van der Waals surface area contributed by atoms with Crippen molar-refractivity contribution < 1.29 is 29.0 Å². The van der Waals surface area contributed by atoms with Gasteiger partial charge in [-0.15, -0.1) is 0 Å². The lowest BCUT2D eigenvalue weighted by atomic mass is 10.1. The number of esters is 1. The van der Waals surface area contributed by atoms with E-state index in [1.54, 1.807) is 12.1 Å². The van der Waals surface area contributed by atoms with Gasteiger partial charge in [0.1, 0.15) is 26.0 Å². The summed E-state index contributed by atoms with van der Waals surface area (Å²) >= 11 is 0. The number of carbonyl (C=O) groups excluding carboxylic acids is 3. The van der Waals surface area contributed by atoms with Gasteiger partial charge >= 0.3 is 18.1 Å². The van der Waals surface area contributed by atoms with Crippen molar-refractivity contribution >= 4 is 23.8 Å². The molecule has 0 saturated heterocycles. The van der Waals surface area contributed by atoms with Crippen molar-refractivity contribution in [1.82, 2.24) is 10.2 Å². The molecule has 0 fully saturated rings. The second-order valence-corrected chi connectivity index (χ2v) is 7.01. The molecule has 9 nitrogen and oxygen atoms in total. The summed E-state index contributed by atoms with van der Waals surface area (Å²) in [6.45, 7) is -1.01. The number of aliphatic hydroxyl groups excluding tert-OH is 1. The van der Waals surface area contributed by atoms with Gasteiger partial charge in [-0.05, 0) is 41.7 Å². The SMILES string of the molecule is CNC(=O)Nc1ccc2c(c1)CC[C@@H]2OC(=O)N(CO)CC(=O)OCc1ccccc1. The maximum Gasteiger partial charge on any atom is 0.412 e. The van der Waals surface area contributed by atoms with Gasteiger partial charge in [-0.3, -0.25) is 9.69 Å². The fraction of sp³-hybridized carbons (Fsp3) is 0.318. The van der Waals surface area contributed by atoms with Gasteiger partial charge in [0.2, 0.25) is 0 Å². The summed E-state index contributed by atoms with van der Waals surface area (Å²) < 4.78 is 10.7. The maximum absolute atomic E-state index is 12.5. The highest BCUT2D eigenvalue weighted by atomic mass is 16.6. The summed E-state index contributed by atoms with van der Waals surface area (Å²) in [4.78, 5) is 36.9. The van der Waals surface area contributed by atoms with E-state index in [9.17, 15) is 19.5 Å². The lowest BCUT2D eigenvalue weighted by Crippen LogP contribution is -2.38. The second-order valence-electron chi connectivity index (χ2n) is 7.01. The number of nitrogens with zero attached hydrogens (tertiary/aromatic N) is 1. The zero-order valence-corrected chi connectivity index (χ0v) is 17.2. The third kappa shape index (κ3) is 5.95. The molecule has 0 saturated carbocycles. The Morgan fingerprint density at radius 1 is 1.16 bits per heavy atom. The van der Waals surface area contributed by atoms with E-state index in [0.717, 1.165) is 21.6 Å². The van der Waals surface area contributed by atoms with Crippen molar-refractivity contribution in [2.45, 2.75) is 25.6 Å². The molecule has 0 bridgehead atoms. The number of aliphatic hydroxyl groups is 1. The van der Waals surface area contributed by atoms with Gasteiger partial charge in [-0.2, -0.15) is 0 Å². The van der Waals surface area contributed by atoms with Gasteiger partial charge in [-0.25, -0.2) is 9.59 Å². The van der Waals surface area contributed by atoms with Gasteiger partial charge in [0, 0.05) is 12.7 Å². The molecule has 164 valence electrons. The average Bonchev–Trinajstić information content (AvgIpc) is 3.18. The molecular formula is C22H25N3O6. The quantitative estimate of drug-likeness (QED) is 0.462. The summed E-state index contributed by atoms with van der Waals surface area (Å²) in [5.41, 5.74) is 3.26. The molecule has 3 rings (SSSR count). The molecule has 0 aromatic heterocycles. The van der Waals surface area contributed by atoms with E-state index in [1.807, 2.05) is 36.4 Å². The summed E-state index contributed by atoms with van der Waals surface area (Å²) in [5, 5.41) is 14.7. The molecule has 9 heteroatoms. The fourth-order valence-corrected chi connectivity index (χ4v) is 3.28. The van der Waals surface area contributed by atoms with Crippen LogP contribution in [-0.4, -0.2) is 48.4 Å². The zero-order valence-electron chi connectivity index (χ0n) is 17.2. The molecule has 0 spiro atoms. The minimum absolute atomic E-state index is 0.0798. The molecule has 0 heterocycles. The zero-order chi connectivity index (χ0) is 22.2. The van der Waals surface area contributed by atoms with Crippen LogP contribution < -0.4 is 10.6 Å². The average molecular weight is 427 g/mol. The topological polar surface area (TPSA) is 117 Å². The molecule has 2 aromatic rings. The van der Waals surface area contributed by atoms with Crippen LogP contribution in [0.2, 0.25) is 0 Å². The Balaban J connectivity index is 1.54. The van der Waals surface area contributed by atoms with Crippen molar-refractivity contribution in [1.29, 1.82) is 0 Å². The van der Waals surface area contributed by atoms with E-state index < -0.39 is 31.4 Å². The number of rotatable bonds is 7. The summed E-state index contributed by atoms with van der Waals surface area (Å²) in [6.07, 6.45) is -0.0488. The standard InChI is InChI=1S/C22H25N3O6/c1-23-21(28)24-17-8-9-18-16(11-17)7-10-19(18)31-22(29)25(14-26)12-20(27)30-13-15-5-3-2-4-6-15/h2-6,8-9,11,19,26H,7,10,12-14H2,1H3,(H2,23,24,28)/t19-/m0/s1. The van der Waals surface area contributed by atoms with E-state index in [0.29, 0.717) is 18.5 Å². The summed E-state index contributed by atoms with van der Waals surface area (Å²) in [5.74, 6) is -0.647. The number of aryl methyl sites for hydroxylation is 1. The fourth-order valence-electron chi connectivity index (χ4n) is 3.28. The number of fused-ring (bicyclic) bond motifs is 1. The van der Waals surface area contributed by atoms with E-state index in [1.165, 1.54) is 7.05 Å². The van der Waals surface area contributed by atoms with Gasteiger partial charge in [0.15, 0.2) is 0 Å². The Morgan fingerprint density at radius 2 is 1.94 bits per heavy atom. The predicted molar refractivity (Wildman–Crippen MR) is 112 cm³/mol. The van der Waals surface area contributed by atoms with Gasteiger partial charge in [0.25, 0.3) is 0 Å². The van der Waals surface area contributed by atoms with E-state index in [-0.39, 0.29) is 12.6 Å². The molecule has 3 N–H and O–H groups in total. The number of amides is 3. The molecule has 1 aliphatic carbocycles. The molecule has 0 radical (unpaired) electrons. The molecule has 0 aliphatic heterocycles. The maximum atomic E-state index is 12.5. The number of benzene rings is 2. The van der Waals surface area contributed by atoms with Crippen LogP contribution >= 0.6 is 0 Å². The smallest absolute Gasteiger partial charge is 0.412 e. The van der Waals surface area contributed by atoms with Crippen LogP contribution in [0.25, 0.3) is 0 Å². The van der Waals surface area contributed by atoms with E-state index in [2.05, 4.69) is 10.6 Å². The van der Waals surface area contributed by atoms with Crippen molar-refractivity contribution in [2.75, 3.05) is 25.6 Å². The number of hydrogen-bond donors (Lipinski definition) is 3. The first kappa shape index (κ1) is 22.1. The number of ether oxygens (including phenoxy) is 2. The highest BCUT2D eigenvalue weighted by molar-refractivity contribution is 5.89. The van der Waals surface area contributed by atoms with Crippen molar-refractivity contribution in [3.05, 3.63) is 65.2 Å². The van der Waals surface area contributed by atoms with Crippen molar-refractivity contribution in [2.24, 2.45) is 0 Å². The number of urea groups is 1.